The Bertz CT molecular complexity index is 948. The maximum absolute atomic E-state index is 12.5. The van der Waals surface area contributed by atoms with Gasteiger partial charge in [-0.1, -0.05) is 48.0 Å². The SMILES string of the molecule is Cc1cccc([C@@H](C)NC(=O)c2ccc(=O)n(-c3ccccc3)n2)c1. The fourth-order valence-corrected chi connectivity index (χ4v) is 2.58. The monoisotopic (exact) mass is 333 g/mol. The number of nitrogens with zero attached hydrogens (tertiary/aromatic N) is 2. The third-order valence-electron chi connectivity index (χ3n) is 3.92. The van der Waals surface area contributed by atoms with Crippen molar-refractivity contribution in [1.82, 2.24) is 15.1 Å². The molecule has 1 N–H and O–H groups in total. The van der Waals surface area contributed by atoms with E-state index in [0.29, 0.717) is 5.69 Å². The van der Waals surface area contributed by atoms with Crippen LogP contribution in [0.4, 0.5) is 0 Å². The molecule has 0 saturated carbocycles. The summed E-state index contributed by atoms with van der Waals surface area (Å²) in [5.74, 6) is -0.321. The molecule has 0 fully saturated rings. The van der Waals surface area contributed by atoms with Gasteiger partial charge in [0.15, 0.2) is 0 Å². The zero-order valence-electron chi connectivity index (χ0n) is 14.1. The van der Waals surface area contributed by atoms with E-state index in [-0.39, 0.29) is 23.2 Å². The molecule has 0 saturated heterocycles. The van der Waals surface area contributed by atoms with Crippen LogP contribution in [0.5, 0.6) is 0 Å². The van der Waals surface area contributed by atoms with Crippen LogP contribution in [-0.2, 0) is 0 Å². The van der Waals surface area contributed by atoms with E-state index in [1.165, 1.54) is 16.8 Å². The molecule has 2 aromatic carbocycles. The molecule has 5 heteroatoms. The lowest BCUT2D eigenvalue weighted by molar-refractivity contribution is 0.0933. The van der Waals surface area contributed by atoms with Gasteiger partial charge in [-0.15, -0.1) is 0 Å². The summed E-state index contributed by atoms with van der Waals surface area (Å²) in [4.78, 5) is 24.6. The van der Waals surface area contributed by atoms with E-state index in [1.807, 2.05) is 56.3 Å². The summed E-state index contributed by atoms with van der Waals surface area (Å²) in [6.45, 7) is 3.93. The molecule has 0 aliphatic heterocycles. The van der Waals surface area contributed by atoms with Crippen LogP contribution in [0.1, 0.15) is 34.6 Å². The van der Waals surface area contributed by atoms with Crippen LogP contribution in [0, 0.1) is 6.92 Å². The first-order chi connectivity index (χ1) is 12.0. The molecule has 126 valence electrons. The van der Waals surface area contributed by atoms with Gasteiger partial charge in [-0.2, -0.15) is 9.78 Å². The van der Waals surface area contributed by atoms with Gasteiger partial charge in [0.2, 0.25) is 0 Å². The summed E-state index contributed by atoms with van der Waals surface area (Å²) in [5.41, 5.74) is 2.69. The first-order valence-corrected chi connectivity index (χ1v) is 8.08. The second kappa shape index (κ2) is 7.13. The number of nitrogens with one attached hydrogen (secondary N) is 1. The van der Waals surface area contributed by atoms with Crippen LogP contribution in [0.25, 0.3) is 5.69 Å². The van der Waals surface area contributed by atoms with Crippen molar-refractivity contribution < 1.29 is 4.79 Å². The topological polar surface area (TPSA) is 64.0 Å². The van der Waals surface area contributed by atoms with Gasteiger partial charge < -0.3 is 5.32 Å². The lowest BCUT2D eigenvalue weighted by Crippen LogP contribution is -2.30. The Labute approximate surface area is 145 Å². The predicted molar refractivity (Wildman–Crippen MR) is 96.9 cm³/mol. The molecule has 3 aromatic rings. The van der Waals surface area contributed by atoms with Crippen LogP contribution in [0.15, 0.2) is 71.5 Å². The summed E-state index contributed by atoms with van der Waals surface area (Å²) >= 11 is 0. The van der Waals surface area contributed by atoms with Gasteiger partial charge in [-0.25, -0.2) is 0 Å². The number of hydrogen-bond acceptors (Lipinski definition) is 3. The Morgan fingerprint density at radius 2 is 1.80 bits per heavy atom. The van der Waals surface area contributed by atoms with Crippen LogP contribution >= 0.6 is 0 Å². The Morgan fingerprint density at radius 3 is 2.52 bits per heavy atom. The second-order valence-corrected chi connectivity index (χ2v) is 5.91. The van der Waals surface area contributed by atoms with E-state index in [2.05, 4.69) is 10.4 Å². The summed E-state index contributed by atoms with van der Waals surface area (Å²) in [6.07, 6.45) is 0. The van der Waals surface area contributed by atoms with Crippen molar-refractivity contribution in [3.05, 3.63) is 93.9 Å². The van der Waals surface area contributed by atoms with Gasteiger partial charge >= 0.3 is 0 Å². The average molecular weight is 333 g/mol. The average Bonchev–Trinajstić information content (AvgIpc) is 2.62. The van der Waals surface area contributed by atoms with Crippen LogP contribution in [0.3, 0.4) is 0 Å². The minimum atomic E-state index is -0.321. The highest BCUT2D eigenvalue weighted by atomic mass is 16.2. The second-order valence-electron chi connectivity index (χ2n) is 5.91. The molecule has 0 unspecified atom stereocenters. The third-order valence-corrected chi connectivity index (χ3v) is 3.92. The highest BCUT2D eigenvalue weighted by Crippen LogP contribution is 2.14. The van der Waals surface area contributed by atoms with Crippen molar-refractivity contribution in [3.63, 3.8) is 0 Å². The van der Waals surface area contributed by atoms with E-state index in [0.717, 1.165) is 11.1 Å². The van der Waals surface area contributed by atoms with Gasteiger partial charge in [0.1, 0.15) is 5.69 Å². The summed E-state index contributed by atoms with van der Waals surface area (Å²) in [6, 6.07) is 19.6. The largest absolute Gasteiger partial charge is 0.344 e. The normalized spacial score (nSPS) is 11.8. The van der Waals surface area contributed by atoms with Crippen molar-refractivity contribution in [3.8, 4) is 5.69 Å². The highest BCUT2D eigenvalue weighted by molar-refractivity contribution is 5.92. The maximum Gasteiger partial charge on any atom is 0.272 e. The van der Waals surface area contributed by atoms with Gasteiger partial charge in [-0.3, -0.25) is 9.59 Å². The fourth-order valence-electron chi connectivity index (χ4n) is 2.58. The van der Waals surface area contributed by atoms with Crippen molar-refractivity contribution in [2.45, 2.75) is 19.9 Å². The number of rotatable bonds is 4. The number of para-hydroxylation sites is 1. The molecule has 0 radical (unpaired) electrons. The zero-order chi connectivity index (χ0) is 17.8. The van der Waals surface area contributed by atoms with Crippen molar-refractivity contribution in [2.24, 2.45) is 0 Å². The lowest BCUT2D eigenvalue weighted by Gasteiger charge is -2.15. The number of carbonyl (C=O) groups is 1. The molecule has 5 nitrogen and oxygen atoms in total. The van der Waals surface area contributed by atoms with Crippen LogP contribution in [0.2, 0.25) is 0 Å². The van der Waals surface area contributed by atoms with Gasteiger partial charge in [0.25, 0.3) is 11.5 Å². The predicted octanol–water partition coefficient (Wildman–Crippen LogP) is 3.03. The Morgan fingerprint density at radius 1 is 1.04 bits per heavy atom. The van der Waals surface area contributed by atoms with Crippen molar-refractivity contribution in [1.29, 1.82) is 0 Å². The molecule has 1 amide bonds. The standard InChI is InChI=1S/C20H19N3O2/c1-14-7-6-8-16(13-14)15(2)21-20(25)18-11-12-19(24)23(22-18)17-9-4-3-5-10-17/h3-13,15H,1-2H3,(H,21,25)/t15-/m1/s1. The van der Waals surface area contributed by atoms with E-state index in [4.69, 9.17) is 0 Å². The lowest BCUT2D eigenvalue weighted by atomic mass is 10.1. The fraction of sp³-hybridized carbons (Fsp3) is 0.150. The molecule has 1 heterocycles. The van der Waals surface area contributed by atoms with Gasteiger partial charge in [0.05, 0.1) is 11.7 Å². The van der Waals surface area contributed by atoms with E-state index >= 15 is 0 Å². The first-order valence-electron chi connectivity index (χ1n) is 8.08. The van der Waals surface area contributed by atoms with Gasteiger partial charge in [0, 0.05) is 6.07 Å². The number of aromatic nitrogens is 2. The molecule has 0 aliphatic carbocycles. The molecular formula is C20H19N3O2. The quantitative estimate of drug-likeness (QED) is 0.798. The zero-order valence-corrected chi connectivity index (χ0v) is 14.1. The third kappa shape index (κ3) is 3.83. The summed E-state index contributed by atoms with van der Waals surface area (Å²) in [5, 5.41) is 7.12. The number of benzene rings is 2. The molecule has 3 rings (SSSR count). The Kier molecular flexibility index (Phi) is 4.75. The number of hydrogen-bond donors (Lipinski definition) is 1. The Balaban J connectivity index is 1.84. The Hall–Kier alpha value is -3.21. The van der Waals surface area contributed by atoms with Gasteiger partial charge in [-0.05, 0) is 37.6 Å². The summed E-state index contributed by atoms with van der Waals surface area (Å²) < 4.78 is 1.23. The minimum Gasteiger partial charge on any atom is -0.344 e. The van der Waals surface area contributed by atoms with Crippen LogP contribution < -0.4 is 10.9 Å². The first kappa shape index (κ1) is 16.6. The molecule has 25 heavy (non-hydrogen) atoms. The number of carbonyl (C=O) groups excluding carboxylic acids is 1. The van der Waals surface area contributed by atoms with Crippen LogP contribution in [-0.4, -0.2) is 15.7 Å². The molecule has 0 bridgehead atoms. The number of aryl methyl sites for hydroxylation is 1. The van der Waals surface area contributed by atoms with E-state index in [1.54, 1.807) is 12.1 Å². The molecule has 1 atom stereocenters. The highest BCUT2D eigenvalue weighted by Gasteiger charge is 2.14. The molecular weight excluding hydrogens is 314 g/mol. The van der Waals surface area contributed by atoms with E-state index in [9.17, 15) is 9.59 Å². The van der Waals surface area contributed by atoms with E-state index < -0.39 is 0 Å². The molecule has 0 aliphatic rings. The van der Waals surface area contributed by atoms with Crippen molar-refractivity contribution in [2.75, 3.05) is 0 Å². The molecule has 1 aromatic heterocycles. The molecule has 0 spiro atoms. The smallest absolute Gasteiger partial charge is 0.272 e. The maximum atomic E-state index is 12.5. The number of amides is 1. The van der Waals surface area contributed by atoms with Crippen molar-refractivity contribution >= 4 is 5.91 Å². The summed E-state index contributed by atoms with van der Waals surface area (Å²) in [7, 11) is 0. The minimum absolute atomic E-state index is 0.161.